The Morgan fingerprint density at radius 3 is 2.32 bits per heavy atom. The number of pyridine rings is 1. The van der Waals surface area contributed by atoms with Gasteiger partial charge in [0.25, 0.3) is 0 Å². The first-order valence-corrected chi connectivity index (χ1v) is 6.37. The summed E-state index contributed by atoms with van der Waals surface area (Å²) in [5.41, 5.74) is 4.71. The minimum absolute atomic E-state index is 1.04. The van der Waals surface area contributed by atoms with Gasteiger partial charge in [-0.3, -0.25) is 4.98 Å². The van der Waals surface area contributed by atoms with E-state index in [9.17, 15) is 0 Å². The van der Waals surface area contributed by atoms with Gasteiger partial charge in [0.05, 0.1) is 5.52 Å². The number of para-hydroxylation sites is 1. The SMILES string of the molecule is CN(C)c1ccc(-c2ccnc3ccccc23)cc1. The van der Waals surface area contributed by atoms with E-state index in [2.05, 4.69) is 66.4 Å². The van der Waals surface area contributed by atoms with Crippen LogP contribution in [0.1, 0.15) is 0 Å². The highest BCUT2D eigenvalue weighted by Crippen LogP contribution is 2.28. The molecule has 0 unspecified atom stereocenters. The third-order valence-corrected chi connectivity index (χ3v) is 3.34. The summed E-state index contributed by atoms with van der Waals surface area (Å²) in [5.74, 6) is 0. The van der Waals surface area contributed by atoms with E-state index in [1.165, 1.54) is 22.2 Å². The van der Waals surface area contributed by atoms with Gasteiger partial charge in [-0.2, -0.15) is 0 Å². The molecular weight excluding hydrogens is 232 g/mol. The number of hydrogen-bond donors (Lipinski definition) is 0. The van der Waals surface area contributed by atoms with Gasteiger partial charge in [-0.1, -0.05) is 30.3 Å². The lowest BCUT2D eigenvalue weighted by Gasteiger charge is -2.13. The zero-order chi connectivity index (χ0) is 13.2. The fraction of sp³-hybridized carbons (Fsp3) is 0.118. The van der Waals surface area contributed by atoms with Crippen LogP contribution < -0.4 is 4.90 Å². The van der Waals surface area contributed by atoms with Crippen LogP contribution in [0.4, 0.5) is 5.69 Å². The maximum Gasteiger partial charge on any atom is 0.0708 e. The van der Waals surface area contributed by atoms with Gasteiger partial charge in [0.15, 0.2) is 0 Å². The summed E-state index contributed by atoms with van der Waals surface area (Å²) < 4.78 is 0. The smallest absolute Gasteiger partial charge is 0.0708 e. The van der Waals surface area contributed by atoms with Gasteiger partial charge in [0.2, 0.25) is 0 Å². The molecule has 0 radical (unpaired) electrons. The summed E-state index contributed by atoms with van der Waals surface area (Å²) in [5, 5.41) is 1.20. The number of hydrogen-bond acceptors (Lipinski definition) is 2. The standard InChI is InChI=1S/C17H16N2/c1-19(2)14-9-7-13(8-10-14)15-11-12-18-17-6-4-3-5-16(15)17/h3-12H,1-2H3. The van der Waals surface area contributed by atoms with Crippen molar-refractivity contribution in [2.75, 3.05) is 19.0 Å². The molecule has 3 aromatic rings. The number of aromatic nitrogens is 1. The molecule has 0 aliphatic carbocycles. The van der Waals surface area contributed by atoms with Gasteiger partial charge in [-0.25, -0.2) is 0 Å². The third kappa shape index (κ3) is 2.17. The first kappa shape index (κ1) is 11.7. The second-order valence-corrected chi connectivity index (χ2v) is 4.82. The molecule has 3 rings (SSSR count). The Labute approximate surface area is 113 Å². The summed E-state index contributed by atoms with van der Waals surface area (Å²) in [7, 11) is 4.10. The minimum atomic E-state index is 1.04. The molecule has 94 valence electrons. The molecule has 0 atom stereocenters. The van der Waals surface area contributed by atoms with Crippen LogP contribution in [0.2, 0.25) is 0 Å². The second-order valence-electron chi connectivity index (χ2n) is 4.82. The van der Waals surface area contributed by atoms with Crippen molar-refractivity contribution in [1.82, 2.24) is 4.98 Å². The Hall–Kier alpha value is -2.35. The normalized spacial score (nSPS) is 10.6. The molecule has 1 aromatic heterocycles. The Kier molecular flexibility index (Phi) is 2.92. The van der Waals surface area contributed by atoms with Crippen LogP contribution in [0, 0.1) is 0 Å². The van der Waals surface area contributed by atoms with E-state index in [1.807, 2.05) is 18.3 Å². The Morgan fingerprint density at radius 1 is 0.842 bits per heavy atom. The van der Waals surface area contributed by atoms with Crippen LogP contribution in [0.15, 0.2) is 60.8 Å². The van der Waals surface area contributed by atoms with Gasteiger partial charge in [-0.15, -0.1) is 0 Å². The van der Waals surface area contributed by atoms with Crippen molar-refractivity contribution in [2.45, 2.75) is 0 Å². The lowest BCUT2D eigenvalue weighted by atomic mass is 10.0. The van der Waals surface area contributed by atoms with E-state index < -0.39 is 0 Å². The van der Waals surface area contributed by atoms with Crippen molar-refractivity contribution in [3.63, 3.8) is 0 Å². The lowest BCUT2D eigenvalue weighted by molar-refractivity contribution is 1.13. The Morgan fingerprint density at radius 2 is 1.58 bits per heavy atom. The number of anilines is 1. The van der Waals surface area contributed by atoms with Gasteiger partial charge < -0.3 is 4.90 Å². The van der Waals surface area contributed by atoms with Crippen LogP contribution >= 0.6 is 0 Å². The van der Waals surface area contributed by atoms with Gasteiger partial charge in [-0.05, 0) is 35.4 Å². The van der Waals surface area contributed by atoms with E-state index in [4.69, 9.17) is 0 Å². The zero-order valence-electron chi connectivity index (χ0n) is 11.2. The number of nitrogens with zero attached hydrogens (tertiary/aromatic N) is 2. The van der Waals surface area contributed by atoms with Crippen molar-refractivity contribution in [1.29, 1.82) is 0 Å². The van der Waals surface area contributed by atoms with E-state index in [-0.39, 0.29) is 0 Å². The molecule has 2 heteroatoms. The molecule has 0 spiro atoms. The molecule has 0 saturated heterocycles. The maximum absolute atomic E-state index is 4.40. The molecule has 0 aliphatic heterocycles. The summed E-state index contributed by atoms with van der Waals surface area (Å²) in [6.07, 6.45) is 1.87. The molecule has 0 N–H and O–H groups in total. The van der Waals surface area contributed by atoms with Crippen molar-refractivity contribution in [2.24, 2.45) is 0 Å². The van der Waals surface area contributed by atoms with Crippen molar-refractivity contribution in [3.05, 3.63) is 60.8 Å². The molecule has 0 saturated carbocycles. The van der Waals surface area contributed by atoms with Crippen LogP contribution in [0.3, 0.4) is 0 Å². The van der Waals surface area contributed by atoms with Gasteiger partial charge in [0, 0.05) is 31.4 Å². The largest absolute Gasteiger partial charge is 0.378 e. The van der Waals surface area contributed by atoms with E-state index >= 15 is 0 Å². The van der Waals surface area contributed by atoms with E-state index in [0.29, 0.717) is 0 Å². The van der Waals surface area contributed by atoms with E-state index in [0.717, 1.165) is 5.52 Å². The molecule has 2 aromatic carbocycles. The molecule has 0 amide bonds. The van der Waals surface area contributed by atoms with Crippen molar-refractivity contribution in [3.8, 4) is 11.1 Å². The highest BCUT2D eigenvalue weighted by atomic mass is 15.1. The van der Waals surface area contributed by atoms with Crippen LogP contribution in [-0.2, 0) is 0 Å². The molecule has 19 heavy (non-hydrogen) atoms. The highest BCUT2D eigenvalue weighted by molar-refractivity contribution is 5.94. The predicted octanol–water partition coefficient (Wildman–Crippen LogP) is 3.97. The topological polar surface area (TPSA) is 16.1 Å². The third-order valence-electron chi connectivity index (χ3n) is 3.34. The average Bonchev–Trinajstić information content (AvgIpc) is 2.47. The van der Waals surface area contributed by atoms with Crippen LogP contribution in [0.25, 0.3) is 22.0 Å². The monoisotopic (exact) mass is 248 g/mol. The second kappa shape index (κ2) is 4.73. The molecule has 0 fully saturated rings. The summed E-state index contributed by atoms with van der Waals surface area (Å²) in [6, 6.07) is 18.9. The van der Waals surface area contributed by atoms with Gasteiger partial charge in [0.1, 0.15) is 0 Å². The number of fused-ring (bicyclic) bond motifs is 1. The number of benzene rings is 2. The maximum atomic E-state index is 4.40. The highest BCUT2D eigenvalue weighted by Gasteiger charge is 2.04. The first-order valence-electron chi connectivity index (χ1n) is 6.37. The van der Waals surface area contributed by atoms with Crippen molar-refractivity contribution >= 4 is 16.6 Å². The van der Waals surface area contributed by atoms with E-state index in [1.54, 1.807) is 0 Å². The van der Waals surface area contributed by atoms with Crippen LogP contribution in [0.5, 0.6) is 0 Å². The molecule has 0 bridgehead atoms. The lowest BCUT2D eigenvalue weighted by Crippen LogP contribution is -2.07. The van der Waals surface area contributed by atoms with Crippen molar-refractivity contribution < 1.29 is 0 Å². The Bertz CT molecular complexity index is 695. The predicted molar refractivity (Wildman–Crippen MR) is 81.5 cm³/mol. The van der Waals surface area contributed by atoms with Crippen LogP contribution in [-0.4, -0.2) is 19.1 Å². The van der Waals surface area contributed by atoms with Gasteiger partial charge >= 0.3 is 0 Å². The fourth-order valence-electron chi connectivity index (χ4n) is 2.29. The fourth-order valence-corrected chi connectivity index (χ4v) is 2.29. The Balaban J connectivity index is 2.14. The number of rotatable bonds is 2. The summed E-state index contributed by atoms with van der Waals surface area (Å²) >= 11 is 0. The molecular formula is C17H16N2. The average molecular weight is 248 g/mol. The minimum Gasteiger partial charge on any atom is -0.378 e. The first-order chi connectivity index (χ1) is 9.25. The molecule has 2 nitrogen and oxygen atoms in total. The quantitative estimate of drug-likeness (QED) is 0.682. The summed E-state index contributed by atoms with van der Waals surface area (Å²) in [6.45, 7) is 0. The summed E-state index contributed by atoms with van der Waals surface area (Å²) in [4.78, 5) is 6.51. The zero-order valence-corrected chi connectivity index (χ0v) is 11.2. The molecule has 1 heterocycles. The molecule has 0 aliphatic rings.